The lowest BCUT2D eigenvalue weighted by molar-refractivity contribution is -0.148. The first-order valence-electron chi connectivity index (χ1n) is 6.53. The highest BCUT2D eigenvalue weighted by Crippen LogP contribution is 2.33. The zero-order valence-electron chi connectivity index (χ0n) is 12.3. The molecular formula is C16H14Cl3NO2. The summed E-state index contributed by atoms with van der Waals surface area (Å²) in [6.45, 7) is 5.39. The van der Waals surface area contributed by atoms with Crippen LogP contribution in [0.1, 0.15) is 26.5 Å². The van der Waals surface area contributed by atoms with Gasteiger partial charge in [0.1, 0.15) is 5.60 Å². The number of halogens is 3. The average Bonchev–Trinajstić information content (AvgIpc) is 2.39. The molecule has 0 saturated carbocycles. The molecule has 0 N–H and O–H groups in total. The summed E-state index contributed by atoms with van der Waals surface area (Å²) in [6, 6.07) is 5.06. The smallest absolute Gasteiger partial charge is 0.331 e. The molecule has 0 radical (unpaired) electrons. The number of carbonyl (C=O) groups excluding carboxylic acids is 1. The fourth-order valence-corrected chi connectivity index (χ4v) is 2.41. The van der Waals surface area contributed by atoms with Gasteiger partial charge in [0.2, 0.25) is 0 Å². The van der Waals surface area contributed by atoms with Gasteiger partial charge >= 0.3 is 5.97 Å². The maximum Gasteiger partial charge on any atom is 0.331 e. The second-order valence-corrected chi connectivity index (χ2v) is 6.85. The number of benzene rings is 1. The Morgan fingerprint density at radius 3 is 2.50 bits per heavy atom. The summed E-state index contributed by atoms with van der Waals surface area (Å²) in [5.41, 5.74) is 0.435. The third-order valence-electron chi connectivity index (χ3n) is 2.64. The van der Waals surface area contributed by atoms with E-state index < -0.39 is 11.6 Å². The van der Waals surface area contributed by atoms with Gasteiger partial charge in [0.25, 0.3) is 0 Å². The molecule has 0 saturated heterocycles. The Morgan fingerprint density at radius 1 is 1.18 bits per heavy atom. The van der Waals surface area contributed by atoms with E-state index in [1.165, 1.54) is 12.2 Å². The predicted octanol–water partition coefficient (Wildman–Crippen LogP) is 5.55. The van der Waals surface area contributed by atoms with Gasteiger partial charge in [-0.3, -0.25) is 0 Å². The van der Waals surface area contributed by atoms with E-state index in [2.05, 4.69) is 4.98 Å². The van der Waals surface area contributed by atoms with E-state index in [1.807, 2.05) is 0 Å². The molecule has 0 aliphatic carbocycles. The molecule has 0 fully saturated rings. The van der Waals surface area contributed by atoms with E-state index in [0.717, 1.165) is 0 Å². The molecule has 0 atom stereocenters. The second-order valence-electron chi connectivity index (χ2n) is 5.65. The minimum Gasteiger partial charge on any atom is -0.457 e. The molecule has 22 heavy (non-hydrogen) atoms. The molecule has 1 aromatic heterocycles. The lowest BCUT2D eigenvalue weighted by Gasteiger charge is -2.17. The highest BCUT2D eigenvalue weighted by atomic mass is 35.5. The second kappa shape index (κ2) is 6.45. The van der Waals surface area contributed by atoms with Gasteiger partial charge in [-0.2, -0.15) is 0 Å². The molecule has 116 valence electrons. The van der Waals surface area contributed by atoms with Crippen LogP contribution in [0.25, 0.3) is 17.0 Å². The Hall–Kier alpha value is -1.29. The number of hydrogen-bond acceptors (Lipinski definition) is 3. The summed E-state index contributed by atoms with van der Waals surface area (Å²) < 4.78 is 5.19. The number of nitrogens with zero attached hydrogens (tertiary/aromatic N) is 1. The van der Waals surface area contributed by atoms with E-state index >= 15 is 0 Å². The van der Waals surface area contributed by atoms with Crippen molar-refractivity contribution in [1.29, 1.82) is 0 Å². The normalized spacial score (nSPS) is 12.1. The van der Waals surface area contributed by atoms with Crippen molar-refractivity contribution in [2.75, 3.05) is 0 Å². The van der Waals surface area contributed by atoms with Crippen LogP contribution in [0.4, 0.5) is 0 Å². The highest BCUT2D eigenvalue weighted by Gasteiger charge is 2.14. The van der Waals surface area contributed by atoms with Gasteiger partial charge in [-0.1, -0.05) is 34.8 Å². The van der Waals surface area contributed by atoms with E-state index in [4.69, 9.17) is 39.5 Å². The fraction of sp³-hybridized carbons (Fsp3) is 0.250. The first-order valence-corrected chi connectivity index (χ1v) is 7.66. The van der Waals surface area contributed by atoms with Crippen LogP contribution < -0.4 is 0 Å². The Morgan fingerprint density at radius 2 is 1.86 bits per heavy atom. The van der Waals surface area contributed by atoms with E-state index in [9.17, 15) is 4.79 Å². The third-order valence-corrected chi connectivity index (χ3v) is 3.75. The lowest BCUT2D eigenvalue weighted by atomic mass is 10.2. The first-order chi connectivity index (χ1) is 10.2. The number of rotatable bonds is 2. The molecule has 0 unspecified atom stereocenters. The van der Waals surface area contributed by atoms with Crippen LogP contribution in [-0.4, -0.2) is 16.6 Å². The van der Waals surface area contributed by atoms with Crippen molar-refractivity contribution < 1.29 is 9.53 Å². The Labute approximate surface area is 143 Å². The summed E-state index contributed by atoms with van der Waals surface area (Å²) in [4.78, 5) is 16.1. The van der Waals surface area contributed by atoms with Crippen molar-refractivity contribution in [3.8, 4) is 0 Å². The number of pyridine rings is 1. The van der Waals surface area contributed by atoms with E-state index in [-0.39, 0.29) is 0 Å². The molecule has 0 aliphatic heterocycles. The monoisotopic (exact) mass is 357 g/mol. The van der Waals surface area contributed by atoms with Crippen LogP contribution in [-0.2, 0) is 9.53 Å². The number of fused-ring (bicyclic) bond motifs is 1. The molecule has 0 aliphatic rings. The number of carbonyl (C=O) groups is 1. The van der Waals surface area contributed by atoms with Crippen LogP contribution in [0.5, 0.6) is 0 Å². The van der Waals surface area contributed by atoms with Crippen LogP contribution in [0.15, 0.2) is 24.3 Å². The van der Waals surface area contributed by atoms with Gasteiger partial charge in [-0.25, -0.2) is 9.78 Å². The third kappa shape index (κ3) is 4.13. The fourth-order valence-electron chi connectivity index (χ4n) is 1.79. The van der Waals surface area contributed by atoms with Crippen LogP contribution in [0, 0.1) is 0 Å². The molecule has 3 nitrogen and oxygen atoms in total. The van der Waals surface area contributed by atoms with Crippen LogP contribution >= 0.6 is 34.8 Å². The Balaban J connectivity index is 2.37. The van der Waals surface area contributed by atoms with Gasteiger partial charge < -0.3 is 4.74 Å². The maximum absolute atomic E-state index is 11.7. The minimum absolute atomic E-state index is 0.327. The van der Waals surface area contributed by atoms with Gasteiger partial charge in [0.05, 0.1) is 26.3 Å². The summed E-state index contributed by atoms with van der Waals surface area (Å²) in [7, 11) is 0. The summed E-state index contributed by atoms with van der Waals surface area (Å²) in [5.74, 6) is -0.456. The maximum atomic E-state index is 11.7. The SMILES string of the molecule is CC(C)(C)OC(=O)C=Cc1cc(Cl)c2ccc(Cl)c(Cl)c2n1. The number of ether oxygens (including phenoxy) is 1. The van der Waals surface area contributed by atoms with Crippen LogP contribution in [0.3, 0.4) is 0 Å². The Bertz CT molecular complexity index is 764. The number of hydrogen-bond donors (Lipinski definition) is 0. The minimum atomic E-state index is -0.549. The van der Waals surface area contributed by atoms with Crippen molar-refractivity contribution in [3.05, 3.63) is 45.0 Å². The van der Waals surface area contributed by atoms with Crippen molar-refractivity contribution in [2.24, 2.45) is 0 Å². The predicted molar refractivity (Wildman–Crippen MR) is 91.7 cm³/mol. The van der Waals surface area contributed by atoms with Crippen molar-refractivity contribution >= 4 is 57.8 Å². The molecule has 1 aromatic carbocycles. The molecule has 0 amide bonds. The zero-order valence-corrected chi connectivity index (χ0v) is 14.6. The molecular weight excluding hydrogens is 345 g/mol. The topological polar surface area (TPSA) is 39.2 Å². The summed E-state index contributed by atoms with van der Waals surface area (Å²) in [6.07, 6.45) is 2.82. The van der Waals surface area contributed by atoms with Gasteiger partial charge in [0.15, 0.2) is 0 Å². The Kier molecular flexibility index (Phi) is 5.00. The standard InChI is InChI=1S/C16H14Cl3NO2/c1-16(2,3)22-13(21)7-4-9-8-12(18)10-5-6-11(17)14(19)15(10)20-9/h4-8H,1-3H3. The zero-order chi connectivity index (χ0) is 16.5. The first kappa shape index (κ1) is 17.1. The average molecular weight is 359 g/mol. The molecule has 2 aromatic rings. The summed E-state index contributed by atoms with van der Waals surface area (Å²) >= 11 is 18.4. The lowest BCUT2D eigenvalue weighted by Crippen LogP contribution is -2.22. The molecule has 0 bridgehead atoms. The largest absolute Gasteiger partial charge is 0.457 e. The number of aromatic nitrogens is 1. The van der Waals surface area contributed by atoms with Crippen molar-refractivity contribution in [3.63, 3.8) is 0 Å². The number of esters is 1. The quantitative estimate of drug-likeness (QED) is 0.522. The molecule has 1 heterocycles. The van der Waals surface area contributed by atoms with Gasteiger partial charge in [0, 0.05) is 11.5 Å². The molecule has 2 rings (SSSR count). The summed E-state index contributed by atoms with van der Waals surface area (Å²) in [5, 5.41) is 1.90. The van der Waals surface area contributed by atoms with Gasteiger partial charge in [-0.05, 0) is 45.0 Å². The molecule has 0 spiro atoms. The van der Waals surface area contributed by atoms with E-state index in [1.54, 1.807) is 39.0 Å². The van der Waals surface area contributed by atoms with Crippen molar-refractivity contribution in [2.45, 2.75) is 26.4 Å². The highest BCUT2D eigenvalue weighted by molar-refractivity contribution is 6.46. The van der Waals surface area contributed by atoms with Gasteiger partial charge in [-0.15, -0.1) is 0 Å². The van der Waals surface area contributed by atoms with Crippen LogP contribution in [0.2, 0.25) is 15.1 Å². The molecule has 6 heteroatoms. The van der Waals surface area contributed by atoms with E-state index in [0.29, 0.717) is 31.7 Å². The van der Waals surface area contributed by atoms with Crippen molar-refractivity contribution in [1.82, 2.24) is 4.98 Å².